The Kier molecular flexibility index (Phi) is 2.53. The van der Waals surface area contributed by atoms with Crippen LogP contribution in [0.4, 0.5) is 0 Å². The van der Waals surface area contributed by atoms with Crippen LogP contribution in [0.1, 0.15) is 39.5 Å². The van der Waals surface area contributed by atoms with E-state index < -0.39 is 0 Å². The van der Waals surface area contributed by atoms with E-state index in [2.05, 4.69) is 20.4 Å². The second-order valence-electron chi connectivity index (χ2n) is 3.42. The van der Waals surface area contributed by atoms with Crippen LogP contribution in [-0.4, -0.2) is 0 Å². The zero-order valence-corrected chi connectivity index (χ0v) is 7.19. The van der Waals surface area contributed by atoms with E-state index in [4.69, 9.17) is 0 Å². The summed E-state index contributed by atoms with van der Waals surface area (Å²) < 4.78 is 0. The molecule has 1 fully saturated rings. The maximum atomic E-state index is 4.10. The molecule has 0 aromatic carbocycles. The Hall–Kier alpha value is -0.260. The van der Waals surface area contributed by atoms with Crippen LogP contribution in [0.3, 0.4) is 0 Å². The SMILES string of the molecule is C=C(CCC)C1CC1CC. The maximum absolute atomic E-state index is 4.10. The zero-order valence-electron chi connectivity index (χ0n) is 7.19. The normalized spacial score (nSPS) is 30.2. The monoisotopic (exact) mass is 138 g/mol. The summed E-state index contributed by atoms with van der Waals surface area (Å²) in [5.41, 5.74) is 1.51. The van der Waals surface area contributed by atoms with Gasteiger partial charge in [-0.15, -0.1) is 0 Å². The second kappa shape index (κ2) is 3.23. The third kappa shape index (κ3) is 1.62. The molecule has 0 heteroatoms. The molecule has 0 heterocycles. The molecule has 0 N–H and O–H groups in total. The van der Waals surface area contributed by atoms with Gasteiger partial charge in [0.2, 0.25) is 0 Å². The molecule has 0 spiro atoms. The number of hydrogen-bond acceptors (Lipinski definition) is 0. The minimum absolute atomic E-state index is 0.907. The lowest BCUT2D eigenvalue weighted by molar-refractivity contribution is 0.710. The highest BCUT2D eigenvalue weighted by Crippen LogP contribution is 2.46. The first-order valence-corrected chi connectivity index (χ1v) is 4.47. The van der Waals surface area contributed by atoms with Crippen LogP contribution in [-0.2, 0) is 0 Å². The Labute approximate surface area is 64.3 Å². The van der Waals surface area contributed by atoms with E-state index in [0.29, 0.717) is 0 Å². The van der Waals surface area contributed by atoms with Crippen molar-refractivity contribution in [3.8, 4) is 0 Å². The minimum Gasteiger partial charge on any atom is -0.0996 e. The molecule has 0 bridgehead atoms. The van der Waals surface area contributed by atoms with E-state index in [0.717, 1.165) is 11.8 Å². The molecule has 0 amide bonds. The Morgan fingerprint density at radius 2 is 2.20 bits per heavy atom. The van der Waals surface area contributed by atoms with E-state index in [1.165, 1.54) is 31.3 Å². The molecule has 1 rings (SSSR count). The molecule has 0 aromatic rings. The molecule has 2 atom stereocenters. The molecule has 1 aliphatic carbocycles. The average molecular weight is 138 g/mol. The van der Waals surface area contributed by atoms with Crippen LogP contribution in [0.5, 0.6) is 0 Å². The van der Waals surface area contributed by atoms with Gasteiger partial charge in [-0.25, -0.2) is 0 Å². The topological polar surface area (TPSA) is 0 Å². The van der Waals surface area contributed by atoms with Crippen molar-refractivity contribution in [1.29, 1.82) is 0 Å². The highest BCUT2D eigenvalue weighted by atomic mass is 14.4. The smallest absolute Gasteiger partial charge is 0.0175 e. The highest BCUT2D eigenvalue weighted by Gasteiger charge is 2.36. The van der Waals surface area contributed by atoms with Gasteiger partial charge in [-0.3, -0.25) is 0 Å². The van der Waals surface area contributed by atoms with Crippen LogP contribution in [0, 0.1) is 11.8 Å². The van der Waals surface area contributed by atoms with Gasteiger partial charge < -0.3 is 0 Å². The molecule has 58 valence electrons. The van der Waals surface area contributed by atoms with Crippen molar-refractivity contribution in [2.24, 2.45) is 11.8 Å². The van der Waals surface area contributed by atoms with Crippen LogP contribution < -0.4 is 0 Å². The van der Waals surface area contributed by atoms with Gasteiger partial charge in [0, 0.05) is 0 Å². The molecule has 10 heavy (non-hydrogen) atoms. The van der Waals surface area contributed by atoms with Gasteiger partial charge >= 0.3 is 0 Å². The fourth-order valence-electron chi connectivity index (χ4n) is 1.71. The van der Waals surface area contributed by atoms with Gasteiger partial charge in [0.25, 0.3) is 0 Å². The van der Waals surface area contributed by atoms with Gasteiger partial charge in [0.05, 0.1) is 0 Å². The first-order chi connectivity index (χ1) is 4.79. The molecule has 0 nitrogen and oxygen atoms in total. The van der Waals surface area contributed by atoms with Crippen molar-refractivity contribution in [2.75, 3.05) is 0 Å². The first-order valence-electron chi connectivity index (χ1n) is 4.47. The third-order valence-corrected chi connectivity index (χ3v) is 2.54. The lowest BCUT2D eigenvalue weighted by Crippen LogP contribution is -1.85. The molecular weight excluding hydrogens is 120 g/mol. The average Bonchev–Trinajstić information content (AvgIpc) is 2.66. The van der Waals surface area contributed by atoms with Gasteiger partial charge in [0.1, 0.15) is 0 Å². The summed E-state index contributed by atoms with van der Waals surface area (Å²) >= 11 is 0. The number of rotatable bonds is 4. The molecule has 2 unspecified atom stereocenters. The largest absolute Gasteiger partial charge is 0.0996 e. The standard InChI is InChI=1S/C10H18/c1-4-6-8(3)10-7-9(10)5-2/h9-10H,3-7H2,1-2H3. The molecular formula is C10H18. The van der Waals surface area contributed by atoms with Crippen molar-refractivity contribution < 1.29 is 0 Å². The Balaban J connectivity index is 2.19. The highest BCUT2D eigenvalue weighted by molar-refractivity contribution is 5.11. The molecule has 1 aliphatic rings. The van der Waals surface area contributed by atoms with E-state index in [1.807, 2.05) is 0 Å². The predicted octanol–water partition coefficient (Wildman–Crippen LogP) is 3.39. The van der Waals surface area contributed by atoms with Gasteiger partial charge in [-0.1, -0.05) is 38.8 Å². The van der Waals surface area contributed by atoms with Crippen LogP contribution in [0.15, 0.2) is 12.2 Å². The van der Waals surface area contributed by atoms with Crippen LogP contribution in [0.2, 0.25) is 0 Å². The van der Waals surface area contributed by atoms with Gasteiger partial charge in [0.15, 0.2) is 0 Å². The van der Waals surface area contributed by atoms with Crippen molar-refractivity contribution in [3.63, 3.8) is 0 Å². The Morgan fingerprint density at radius 1 is 1.50 bits per heavy atom. The Morgan fingerprint density at radius 3 is 2.60 bits per heavy atom. The number of hydrogen-bond donors (Lipinski definition) is 0. The summed E-state index contributed by atoms with van der Waals surface area (Å²) in [7, 11) is 0. The summed E-state index contributed by atoms with van der Waals surface area (Å²) in [5.74, 6) is 1.91. The fraction of sp³-hybridized carbons (Fsp3) is 0.800. The summed E-state index contributed by atoms with van der Waals surface area (Å²) in [6.45, 7) is 8.62. The number of allylic oxidation sites excluding steroid dienone is 1. The fourth-order valence-corrected chi connectivity index (χ4v) is 1.71. The predicted molar refractivity (Wildman–Crippen MR) is 45.9 cm³/mol. The summed E-state index contributed by atoms with van der Waals surface area (Å²) in [6.07, 6.45) is 5.30. The van der Waals surface area contributed by atoms with E-state index in [1.54, 1.807) is 0 Å². The maximum Gasteiger partial charge on any atom is -0.0175 e. The second-order valence-corrected chi connectivity index (χ2v) is 3.42. The van der Waals surface area contributed by atoms with Crippen LogP contribution >= 0.6 is 0 Å². The van der Waals surface area contributed by atoms with Crippen molar-refractivity contribution in [2.45, 2.75) is 39.5 Å². The van der Waals surface area contributed by atoms with E-state index in [-0.39, 0.29) is 0 Å². The summed E-state index contributed by atoms with van der Waals surface area (Å²) in [5, 5.41) is 0. The van der Waals surface area contributed by atoms with Crippen molar-refractivity contribution >= 4 is 0 Å². The zero-order chi connectivity index (χ0) is 7.56. The first kappa shape index (κ1) is 7.84. The quantitative estimate of drug-likeness (QED) is 0.522. The van der Waals surface area contributed by atoms with E-state index >= 15 is 0 Å². The molecule has 0 saturated heterocycles. The summed E-state index contributed by atoms with van der Waals surface area (Å²) in [4.78, 5) is 0. The molecule has 1 saturated carbocycles. The van der Waals surface area contributed by atoms with Crippen molar-refractivity contribution in [1.82, 2.24) is 0 Å². The third-order valence-electron chi connectivity index (χ3n) is 2.54. The molecule has 0 radical (unpaired) electrons. The molecule has 0 aromatic heterocycles. The summed E-state index contributed by atoms with van der Waals surface area (Å²) in [6, 6.07) is 0. The van der Waals surface area contributed by atoms with Gasteiger partial charge in [-0.2, -0.15) is 0 Å². The minimum atomic E-state index is 0.907. The van der Waals surface area contributed by atoms with Gasteiger partial charge in [-0.05, 0) is 24.7 Å². The lowest BCUT2D eigenvalue weighted by atomic mass is 10.1. The van der Waals surface area contributed by atoms with Crippen molar-refractivity contribution in [3.05, 3.63) is 12.2 Å². The van der Waals surface area contributed by atoms with Crippen LogP contribution in [0.25, 0.3) is 0 Å². The molecule has 0 aliphatic heterocycles. The van der Waals surface area contributed by atoms with E-state index in [9.17, 15) is 0 Å². The lowest BCUT2D eigenvalue weighted by Gasteiger charge is -2.00. The Bertz CT molecular complexity index is 124.